The Morgan fingerprint density at radius 2 is 1.78 bits per heavy atom. The number of hydrogen-bond donors (Lipinski definition) is 2. The molecule has 2 heteroatoms. The summed E-state index contributed by atoms with van der Waals surface area (Å²) >= 11 is 0. The molecule has 0 saturated heterocycles. The zero-order chi connectivity index (χ0) is 7.44. The van der Waals surface area contributed by atoms with Crippen LogP contribution in [0.5, 0.6) is 0 Å². The molecular formula is C7H17NO. The number of aliphatic hydroxyl groups is 1. The second-order valence-corrected chi connectivity index (χ2v) is 2.92. The van der Waals surface area contributed by atoms with Crippen molar-refractivity contribution in [3.63, 3.8) is 0 Å². The highest BCUT2D eigenvalue weighted by atomic mass is 16.3. The third kappa shape index (κ3) is 4.43. The van der Waals surface area contributed by atoms with E-state index in [1.54, 1.807) is 6.92 Å². The van der Waals surface area contributed by atoms with Crippen LogP contribution < -0.4 is 5.73 Å². The first-order chi connectivity index (χ1) is 4.04. The van der Waals surface area contributed by atoms with Crippen LogP contribution in [0, 0.1) is 5.92 Å². The van der Waals surface area contributed by atoms with Crippen LogP contribution in [0.4, 0.5) is 0 Å². The van der Waals surface area contributed by atoms with Gasteiger partial charge in [-0.3, -0.25) is 0 Å². The fraction of sp³-hybridized carbons (Fsp3) is 1.00. The Morgan fingerprint density at radius 1 is 1.33 bits per heavy atom. The van der Waals surface area contributed by atoms with Gasteiger partial charge in [-0.1, -0.05) is 6.92 Å². The van der Waals surface area contributed by atoms with Gasteiger partial charge in [0, 0.05) is 6.04 Å². The first-order valence-corrected chi connectivity index (χ1v) is 3.47. The molecule has 0 amide bonds. The van der Waals surface area contributed by atoms with Crippen LogP contribution in [0.1, 0.15) is 27.2 Å². The van der Waals surface area contributed by atoms with E-state index in [4.69, 9.17) is 10.8 Å². The summed E-state index contributed by atoms with van der Waals surface area (Å²) in [6.07, 6.45) is 0.587. The Balaban J connectivity index is 3.38. The van der Waals surface area contributed by atoms with Gasteiger partial charge in [0.2, 0.25) is 0 Å². The summed E-state index contributed by atoms with van der Waals surface area (Å²) < 4.78 is 0. The van der Waals surface area contributed by atoms with Gasteiger partial charge in [0.05, 0.1) is 6.10 Å². The third-order valence-corrected chi connectivity index (χ3v) is 1.61. The molecule has 0 spiro atoms. The average molecular weight is 131 g/mol. The largest absolute Gasteiger partial charge is 0.393 e. The van der Waals surface area contributed by atoms with Crippen LogP contribution in [0.3, 0.4) is 0 Å². The highest BCUT2D eigenvalue weighted by molar-refractivity contribution is 4.65. The number of aliphatic hydroxyl groups excluding tert-OH is 1. The summed E-state index contributed by atoms with van der Waals surface area (Å²) in [6.45, 7) is 5.81. The van der Waals surface area contributed by atoms with E-state index in [0.29, 0.717) is 5.92 Å². The van der Waals surface area contributed by atoms with E-state index in [2.05, 4.69) is 6.92 Å². The van der Waals surface area contributed by atoms with Crippen molar-refractivity contribution in [2.75, 3.05) is 0 Å². The Labute approximate surface area is 57.1 Å². The van der Waals surface area contributed by atoms with Gasteiger partial charge in [-0.2, -0.15) is 0 Å². The highest BCUT2D eigenvalue weighted by Gasteiger charge is 2.09. The summed E-state index contributed by atoms with van der Waals surface area (Å²) in [7, 11) is 0. The molecule has 0 aliphatic carbocycles. The Morgan fingerprint density at radius 3 is 1.89 bits per heavy atom. The van der Waals surface area contributed by atoms with Crippen molar-refractivity contribution < 1.29 is 5.11 Å². The summed E-state index contributed by atoms with van der Waals surface area (Å²) in [5, 5.41) is 8.92. The molecule has 3 N–H and O–H groups in total. The van der Waals surface area contributed by atoms with E-state index in [0.717, 1.165) is 6.42 Å². The predicted octanol–water partition coefficient (Wildman–Crippen LogP) is 0.741. The van der Waals surface area contributed by atoms with Gasteiger partial charge in [0.1, 0.15) is 0 Å². The molecular weight excluding hydrogens is 114 g/mol. The molecule has 56 valence electrons. The van der Waals surface area contributed by atoms with Crippen LogP contribution in [-0.4, -0.2) is 17.3 Å². The van der Waals surface area contributed by atoms with E-state index >= 15 is 0 Å². The van der Waals surface area contributed by atoms with Crippen LogP contribution in [0.15, 0.2) is 0 Å². The Hall–Kier alpha value is -0.0800. The van der Waals surface area contributed by atoms with Crippen molar-refractivity contribution in [3.8, 4) is 0 Å². The molecule has 9 heavy (non-hydrogen) atoms. The van der Waals surface area contributed by atoms with E-state index in [1.807, 2.05) is 6.92 Å². The van der Waals surface area contributed by atoms with Crippen LogP contribution >= 0.6 is 0 Å². The number of rotatable bonds is 3. The van der Waals surface area contributed by atoms with Crippen molar-refractivity contribution in [2.24, 2.45) is 11.7 Å². The van der Waals surface area contributed by atoms with E-state index in [1.165, 1.54) is 0 Å². The van der Waals surface area contributed by atoms with Crippen molar-refractivity contribution in [1.29, 1.82) is 0 Å². The number of nitrogens with two attached hydrogens (primary N) is 1. The smallest absolute Gasteiger partial charge is 0.0515 e. The normalized spacial score (nSPS) is 21.0. The lowest BCUT2D eigenvalue weighted by Crippen LogP contribution is -2.26. The fourth-order valence-corrected chi connectivity index (χ4v) is 0.753. The van der Waals surface area contributed by atoms with Gasteiger partial charge in [-0.05, 0) is 26.2 Å². The summed E-state index contributed by atoms with van der Waals surface area (Å²) in [4.78, 5) is 0. The van der Waals surface area contributed by atoms with Crippen LogP contribution in [0.25, 0.3) is 0 Å². The van der Waals surface area contributed by atoms with Crippen LogP contribution in [-0.2, 0) is 0 Å². The lowest BCUT2D eigenvalue weighted by molar-refractivity contribution is 0.158. The molecule has 0 bridgehead atoms. The van der Waals surface area contributed by atoms with Crippen molar-refractivity contribution in [2.45, 2.75) is 39.3 Å². The minimum absolute atomic E-state index is 0.194. The molecule has 0 rings (SSSR count). The van der Waals surface area contributed by atoms with Gasteiger partial charge in [-0.15, -0.1) is 0 Å². The summed E-state index contributed by atoms with van der Waals surface area (Å²) in [5.74, 6) is 0.421. The molecule has 0 aliphatic rings. The lowest BCUT2D eigenvalue weighted by atomic mass is 9.98. The van der Waals surface area contributed by atoms with Crippen molar-refractivity contribution >= 4 is 0 Å². The molecule has 0 fully saturated rings. The van der Waals surface area contributed by atoms with Gasteiger partial charge in [0.25, 0.3) is 0 Å². The zero-order valence-electron chi connectivity index (χ0n) is 6.46. The Bertz CT molecular complexity index is 71.3. The fourth-order valence-electron chi connectivity index (χ4n) is 0.753. The highest BCUT2D eigenvalue weighted by Crippen LogP contribution is 2.07. The van der Waals surface area contributed by atoms with E-state index < -0.39 is 0 Å². The molecule has 0 radical (unpaired) electrons. The van der Waals surface area contributed by atoms with Gasteiger partial charge in [0.15, 0.2) is 0 Å². The lowest BCUT2D eigenvalue weighted by Gasteiger charge is -2.16. The molecule has 2 nitrogen and oxygen atoms in total. The number of hydrogen-bond acceptors (Lipinski definition) is 2. The van der Waals surface area contributed by atoms with E-state index in [-0.39, 0.29) is 12.1 Å². The Kier molecular flexibility index (Phi) is 3.82. The minimum atomic E-state index is -0.217. The van der Waals surface area contributed by atoms with Crippen molar-refractivity contribution in [3.05, 3.63) is 0 Å². The molecule has 2 unspecified atom stereocenters. The predicted molar refractivity (Wildman–Crippen MR) is 39.1 cm³/mol. The topological polar surface area (TPSA) is 46.2 Å². The average Bonchev–Trinajstić information content (AvgIpc) is 1.63. The van der Waals surface area contributed by atoms with Gasteiger partial charge in [-0.25, -0.2) is 0 Å². The monoisotopic (exact) mass is 131 g/mol. The SMILES string of the molecule is CC(N)C(C)C[C@H](C)O. The van der Waals surface area contributed by atoms with Gasteiger partial charge >= 0.3 is 0 Å². The zero-order valence-corrected chi connectivity index (χ0v) is 6.46. The standard InChI is InChI=1S/C7H17NO/c1-5(7(3)8)4-6(2)9/h5-7,9H,4,8H2,1-3H3/t5?,6-,7?/m0/s1. The van der Waals surface area contributed by atoms with Gasteiger partial charge < -0.3 is 10.8 Å². The van der Waals surface area contributed by atoms with Crippen molar-refractivity contribution in [1.82, 2.24) is 0 Å². The molecule has 0 aliphatic heterocycles. The minimum Gasteiger partial charge on any atom is -0.393 e. The molecule has 3 atom stereocenters. The first-order valence-electron chi connectivity index (χ1n) is 3.47. The molecule has 0 saturated carbocycles. The molecule has 0 heterocycles. The molecule has 0 aromatic carbocycles. The molecule has 0 aromatic heterocycles. The maximum absolute atomic E-state index is 8.92. The first kappa shape index (κ1) is 8.92. The quantitative estimate of drug-likeness (QED) is 0.593. The third-order valence-electron chi connectivity index (χ3n) is 1.61. The summed E-state index contributed by atoms with van der Waals surface area (Å²) in [6, 6.07) is 0.194. The van der Waals surface area contributed by atoms with E-state index in [9.17, 15) is 0 Å². The summed E-state index contributed by atoms with van der Waals surface area (Å²) in [5.41, 5.74) is 5.57. The second-order valence-electron chi connectivity index (χ2n) is 2.92. The maximum atomic E-state index is 8.92. The second kappa shape index (κ2) is 3.85. The molecule has 0 aromatic rings. The van der Waals surface area contributed by atoms with Crippen LogP contribution in [0.2, 0.25) is 0 Å². The maximum Gasteiger partial charge on any atom is 0.0515 e.